The van der Waals surface area contributed by atoms with Gasteiger partial charge in [-0.05, 0) is 41.7 Å². The predicted molar refractivity (Wildman–Crippen MR) is 90.8 cm³/mol. The summed E-state index contributed by atoms with van der Waals surface area (Å²) < 4.78 is 5.35. The zero-order chi connectivity index (χ0) is 17.0. The van der Waals surface area contributed by atoms with Crippen molar-refractivity contribution in [1.29, 1.82) is 0 Å². The highest BCUT2D eigenvalue weighted by atomic mass is 16.4. The molecule has 0 spiro atoms. The van der Waals surface area contributed by atoms with Gasteiger partial charge in [-0.3, -0.25) is 4.90 Å². The maximum Gasteiger partial charge on any atom is 0.336 e. The standard InChI is InChI=1S/C18H25NO4/c1-12(2)15-10-16-14(11-19(4-6-20)5-7-21)9-18(22)23-17(16)8-13(15)3/h8-10,12,20-21H,4-7,11H2,1-3H3. The molecule has 1 heterocycles. The predicted octanol–water partition coefficient (Wildman–Crippen LogP) is 2.01. The van der Waals surface area contributed by atoms with Crippen LogP contribution in [0.15, 0.2) is 27.4 Å². The van der Waals surface area contributed by atoms with E-state index in [4.69, 9.17) is 14.6 Å². The van der Waals surface area contributed by atoms with Gasteiger partial charge in [0.25, 0.3) is 0 Å². The molecule has 0 saturated carbocycles. The van der Waals surface area contributed by atoms with Gasteiger partial charge < -0.3 is 14.6 Å². The lowest BCUT2D eigenvalue weighted by Gasteiger charge is -2.21. The molecule has 126 valence electrons. The number of aliphatic hydroxyl groups excluding tert-OH is 2. The van der Waals surface area contributed by atoms with E-state index >= 15 is 0 Å². The third-order valence-corrected chi connectivity index (χ3v) is 4.07. The Bertz CT molecular complexity index is 715. The summed E-state index contributed by atoms with van der Waals surface area (Å²) in [5.41, 5.74) is 3.40. The van der Waals surface area contributed by atoms with Crippen LogP contribution in [-0.2, 0) is 6.54 Å². The molecule has 2 aromatic rings. The van der Waals surface area contributed by atoms with Gasteiger partial charge in [0.15, 0.2) is 0 Å². The lowest BCUT2D eigenvalue weighted by molar-refractivity contribution is 0.156. The molecular formula is C18H25NO4. The highest BCUT2D eigenvalue weighted by Gasteiger charge is 2.13. The van der Waals surface area contributed by atoms with Gasteiger partial charge in [-0.15, -0.1) is 0 Å². The highest BCUT2D eigenvalue weighted by Crippen LogP contribution is 2.27. The second-order valence-electron chi connectivity index (χ2n) is 6.17. The third-order valence-electron chi connectivity index (χ3n) is 4.07. The molecule has 23 heavy (non-hydrogen) atoms. The molecule has 0 bridgehead atoms. The summed E-state index contributed by atoms with van der Waals surface area (Å²) in [6.45, 7) is 7.70. The van der Waals surface area contributed by atoms with E-state index in [2.05, 4.69) is 19.9 Å². The maximum absolute atomic E-state index is 11.8. The van der Waals surface area contributed by atoms with Crippen LogP contribution >= 0.6 is 0 Å². The zero-order valence-corrected chi connectivity index (χ0v) is 14.0. The van der Waals surface area contributed by atoms with Crippen molar-refractivity contribution in [1.82, 2.24) is 4.90 Å². The van der Waals surface area contributed by atoms with Gasteiger partial charge in [-0.2, -0.15) is 0 Å². The van der Waals surface area contributed by atoms with E-state index in [1.165, 1.54) is 11.6 Å². The van der Waals surface area contributed by atoms with Crippen LogP contribution in [0, 0.1) is 6.92 Å². The summed E-state index contributed by atoms with van der Waals surface area (Å²) in [6.07, 6.45) is 0. The molecule has 0 atom stereocenters. The Labute approximate surface area is 136 Å². The summed E-state index contributed by atoms with van der Waals surface area (Å²) in [5, 5.41) is 19.2. The monoisotopic (exact) mass is 319 g/mol. The van der Waals surface area contributed by atoms with Gasteiger partial charge in [-0.25, -0.2) is 4.79 Å². The first-order valence-electron chi connectivity index (χ1n) is 7.97. The number of rotatable bonds is 7. The first kappa shape index (κ1) is 17.7. The second-order valence-corrected chi connectivity index (χ2v) is 6.17. The molecule has 2 rings (SSSR count). The minimum absolute atomic E-state index is 0.00965. The number of aliphatic hydroxyl groups is 2. The fraction of sp³-hybridized carbons (Fsp3) is 0.500. The van der Waals surface area contributed by atoms with E-state index in [-0.39, 0.29) is 18.8 Å². The number of benzene rings is 1. The average Bonchev–Trinajstić information content (AvgIpc) is 2.46. The molecule has 5 heteroatoms. The van der Waals surface area contributed by atoms with E-state index < -0.39 is 0 Å². The van der Waals surface area contributed by atoms with Crippen LogP contribution in [0.4, 0.5) is 0 Å². The van der Waals surface area contributed by atoms with Gasteiger partial charge >= 0.3 is 5.63 Å². The van der Waals surface area contributed by atoms with E-state index in [9.17, 15) is 4.79 Å². The number of hydrogen-bond acceptors (Lipinski definition) is 5. The molecule has 1 aromatic carbocycles. The summed E-state index contributed by atoms with van der Waals surface area (Å²) in [7, 11) is 0. The number of nitrogens with zero attached hydrogens (tertiary/aromatic N) is 1. The largest absolute Gasteiger partial charge is 0.423 e. The lowest BCUT2D eigenvalue weighted by atomic mass is 9.95. The van der Waals surface area contributed by atoms with Gasteiger partial charge in [0.05, 0.1) is 13.2 Å². The first-order chi connectivity index (χ1) is 11.0. The van der Waals surface area contributed by atoms with Crippen LogP contribution in [0.2, 0.25) is 0 Å². The van der Waals surface area contributed by atoms with Crippen LogP contribution in [-0.4, -0.2) is 41.4 Å². The van der Waals surface area contributed by atoms with E-state index in [0.717, 1.165) is 16.5 Å². The fourth-order valence-electron chi connectivity index (χ4n) is 2.94. The van der Waals surface area contributed by atoms with Crippen LogP contribution in [0.1, 0.15) is 36.5 Å². The molecule has 2 N–H and O–H groups in total. The number of aryl methyl sites for hydroxylation is 1. The van der Waals surface area contributed by atoms with Crippen LogP contribution in [0.25, 0.3) is 11.0 Å². The maximum atomic E-state index is 11.8. The van der Waals surface area contributed by atoms with Crippen molar-refractivity contribution in [3.05, 3.63) is 45.3 Å². The number of hydrogen-bond donors (Lipinski definition) is 2. The van der Waals surface area contributed by atoms with Crippen molar-refractivity contribution >= 4 is 11.0 Å². The Morgan fingerprint density at radius 1 is 1.13 bits per heavy atom. The minimum atomic E-state index is -0.378. The van der Waals surface area contributed by atoms with Gasteiger partial charge in [0.2, 0.25) is 0 Å². The van der Waals surface area contributed by atoms with Gasteiger partial charge in [-0.1, -0.05) is 13.8 Å². The minimum Gasteiger partial charge on any atom is -0.423 e. The molecule has 0 aliphatic rings. The molecule has 0 radical (unpaired) electrons. The van der Waals surface area contributed by atoms with Gasteiger partial charge in [0, 0.05) is 31.1 Å². The van der Waals surface area contributed by atoms with Crippen molar-refractivity contribution in [2.75, 3.05) is 26.3 Å². The highest BCUT2D eigenvalue weighted by molar-refractivity contribution is 5.82. The molecule has 0 amide bonds. The molecular weight excluding hydrogens is 294 g/mol. The summed E-state index contributed by atoms with van der Waals surface area (Å²) >= 11 is 0. The molecule has 0 aliphatic carbocycles. The Hall–Kier alpha value is -1.69. The quantitative estimate of drug-likeness (QED) is 0.764. The van der Waals surface area contributed by atoms with Crippen molar-refractivity contribution in [2.45, 2.75) is 33.2 Å². The average molecular weight is 319 g/mol. The topological polar surface area (TPSA) is 73.9 Å². The molecule has 0 unspecified atom stereocenters. The fourth-order valence-corrected chi connectivity index (χ4v) is 2.94. The zero-order valence-electron chi connectivity index (χ0n) is 14.0. The van der Waals surface area contributed by atoms with Crippen molar-refractivity contribution in [3.8, 4) is 0 Å². The summed E-state index contributed by atoms with van der Waals surface area (Å²) in [5.74, 6) is 0.380. The van der Waals surface area contributed by atoms with Crippen LogP contribution in [0.3, 0.4) is 0 Å². The lowest BCUT2D eigenvalue weighted by Crippen LogP contribution is -2.29. The van der Waals surface area contributed by atoms with Crippen molar-refractivity contribution in [2.24, 2.45) is 0 Å². The number of fused-ring (bicyclic) bond motifs is 1. The smallest absolute Gasteiger partial charge is 0.336 e. The third kappa shape index (κ3) is 4.19. The van der Waals surface area contributed by atoms with Crippen molar-refractivity contribution in [3.63, 3.8) is 0 Å². The normalized spacial score (nSPS) is 11.8. The Balaban J connectivity index is 2.52. The summed E-state index contributed by atoms with van der Waals surface area (Å²) in [4.78, 5) is 13.8. The SMILES string of the molecule is Cc1cc2oc(=O)cc(CN(CCO)CCO)c2cc1C(C)C. The molecule has 1 aromatic heterocycles. The molecule has 5 nitrogen and oxygen atoms in total. The Morgan fingerprint density at radius 2 is 1.78 bits per heavy atom. The first-order valence-corrected chi connectivity index (χ1v) is 7.97. The molecule has 0 fully saturated rings. The summed E-state index contributed by atoms with van der Waals surface area (Å²) in [6, 6.07) is 5.51. The van der Waals surface area contributed by atoms with Crippen LogP contribution < -0.4 is 5.63 Å². The molecule has 0 saturated heterocycles. The van der Waals surface area contributed by atoms with Crippen molar-refractivity contribution < 1.29 is 14.6 Å². The van der Waals surface area contributed by atoms with E-state index in [1.54, 1.807) is 0 Å². The van der Waals surface area contributed by atoms with E-state index in [1.807, 2.05) is 17.9 Å². The van der Waals surface area contributed by atoms with Crippen LogP contribution in [0.5, 0.6) is 0 Å². The Kier molecular flexibility index (Phi) is 5.93. The Morgan fingerprint density at radius 3 is 2.35 bits per heavy atom. The van der Waals surface area contributed by atoms with E-state index in [0.29, 0.717) is 31.1 Å². The molecule has 0 aliphatic heterocycles. The van der Waals surface area contributed by atoms with Gasteiger partial charge in [0.1, 0.15) is 5.58 Å². The second kappa shape index (κ2) is 7.73.